The van der Waals surface area contributed by atoms with Crippen LogP contribution in [0.4, 0.5) is 42.0 Å². The molecule has 0 bridgehead atoms. The summed E-state index contributed by atoms with van der Waals surface area (Å²) in [6.45, 7) is 4.85. The highest BCUT2D eigenvalue weighted by atomic mass is 19.4. The summed E-state index contributed by atoms with van der Waals surface area (Å²) in [4.78, 5) is 35.6. The van der Waals surface area contributed by atoms with Gasteiger partial charge in [0.05, 0.1) is 18.3 Å². The van der Waals surface area contributed by atoms with Crippen molar-refractivity contribution in [1.82, 2.24) is 19.9 Å². The summed E-state index contributed by atoms with van der Waals surface area (Å²) >= 11 is 0. The number of para-hydroxylation sites is 1. The van der Waals surface area contributed by atoms with Gasteiger partial charge in [-0.05, 0) is 49.0 Å². The van der Waals surface area contributed by atoms with Crippen molar-refractivity contribution < 1.29 is 32.3 Å². The number of halogens is 3. The molecule has 2 aliphatic heterocycles. The lowest BCUT2D eigenvalue weighted by molar-refractivity contribution is -0.153. The van der Waals surface area contributed by atoms with Crippen LogP contribution < -0.4 is 30.1 Å². The van der Waals surface area contributed by atoms with Crippen molar-refractivity contribution in [3.8, 4) is 17.4 Å². The Morgan fingerprint density at radius 3 is 2.55 bits per heavy atom. The summed E-state index contributed by atoms with van der Waals surface area (Å²) in [7, 11) is 1.97. The van der Waals surface area contributed by atoms with Gasteiger partial charge in [-0.3, -0.25) is 9.63 Å². The molecule has 2 aromatic heterocycles. The van der Waals surface area contributed by atoms with Crippen molar-refractivity contribution >= 4 is 34.7 Å². The molecule has 0 spiro atoms. The van der Waals surface area contributed by atoms with Crippen LogP contribution in [0, 0.1) is 0 Å². The monoisotopic (exact) mass is 676 g/mol. The fourth-order valence-corrected chi connectivity index (χ4v) is 5.45. The Bertz CT molecular complexity index is 1770. The molecule has 2 aromatic carbocycles. The van der Waals surface area contributed by atoms with Crippen LogP contribution in [0.1, 0.15) is 18.0 Å². The molecule has 256 valence electrons. The molecular weight excluding hydrogens is 641 g/mol. The number of aromatic nitrogens is 3. The zero-order valence-corrected chi connectivity index (χ0v) is 26.7. The maximum atomic E-state index is 13.3. The fraction of sp³-hybridized carbons (Fsp3) is 0.294. The number of hydrogen-bond acceptors (Lipinski definition) is 11. The van der Waals surface area contributed by atoms with E-state index in [4.69, 9.17) is 14.3 Å². The number of hydrogen-bond donors (Lipinski definition) is 2. The lowest BCUT2D eigenvalue weighted by Crippen LogP contribution is -2.45. The second-order valence-electron chi connectivity index (χ2n) is 11.4. The fourth-order valence-electron chi connectivity index (χ4n) is 5.45. The Balaban J connectivity index is 1.29. The van der Waals surface area contributed by atoms with Crippen molar-refractivity contribution in [2.75, 3.05) is 67.0 Å². The van der Waals surface area contributed by atoms with E-state index in [9.17, 15) is 18.0 Å². The topological polar surface area (TPSA) is 117 Å². The molecule has 1 atom stereocenters. The molecule has 1 unspecified atom stereocenters. The Morgan fingerprint density at radius 2 is 1.80 bits per heavy atom. The Morgan fingerprint density at radius 1 is 1.02 bits per heavy atom. The number of likely N-dealkylation sites (N-methyl/N-ethyl adjacent to an activating group) is 1. The Labute approximate surface area is 281 Å². The molecule has 15 heteroatoms. The molecule has 1 amide bonds. The summed E-state index contributed by atoms with van der Waals surface area (Å²) in [5, 5.41) is 7.42. The molecule has 4 aromatic rings. The largest absolute Gasteiger partial charge is 0.466 e. The lowest BCUT2D eigenvalue weighted by atomic mass is 10.0. The van der Waals surface area contributed by atoms with Crippen molar-refractivity contribution in [3.63, 3.8) is 0 Å². The second-order valence-corrected chi connectivity index (χ2v) is 11.4. The number of amides is 1. The van der Waals surface area contributed by atoms with Gasteiger partial charge in [-0.2, -0.15) is 18.2 Å². The van der Waals surface area contributed by atoms with E-state index in [0.29, 0.717) is 56.5 Å². The molecule has 0 saturated carbocycles. The molecule has 49 heavy (non-hydrogen) atoms. The van der Waals surface area contributed by atoms with Crippen LogP contribution in [0.25, 0.3) is 0 Å². The average molecular weight is 677 g/mol. The van der Waals surface area contributed by atoms with E-state index in [1.807, 2.05) is 66.5 Å². The number of rotatable bonds is 11. The summed E-state index contributed by atoms with van der Waals surface area (Å²) in [6.07, 6.45) is -1.53. The molecule has 6 rings (SSSR count). The number of anilines is 5. The Kier molecular flexibility index (Phi) is 10.1. The molecular formula is C34H35F3N8O4. The summed E-state index contributed by atoms with van der Waals surface area (Å²) in [6, 6.07) is 20.0. The van der Waals surface area contributed by atoms with Gasteiger partial charge in [-0.1, -0.05) is 36.9 Å². The van der Waals surface area contributed by atoms with Gasteiger partial charge in [0.2, 0.25) is 11.8 Å². The van der Waals surface area contributed by atoms with Gasteiger partial charge in [-0.15, -0.1) is 0 Å². The highest BCUT2D eigenvalue weighted by Gasteiger charge is 2.32. The van der Waals surface area contributed by atoms with Gasteiger partial charge in [-0.25, -0.2) is 15.0 Å². The summed E-state index contributed by atoms with van der Waals surface area (Å²) < 4.78 is 51.2. The molecule has 2 saturated heterocycles. The minimum Gasteiger partial charge on any atom is -0.466 e. The zero-order valence-electron chi connectivity index (χ0n) is 26.7. The molecule has 0 aliphatic carbocycles. The third kappa shape index (κ3) is 8.55. The van der Waals surface area contributed by atoms with Gasteiger partial charge < -0.3 is 29.9 Å². The predicted molar refractivity (Wildman–Crippen MR) is 178 cm³/mol. The number of benzene rings is 2. The number of ether oxygens (including phenoxy) is 2. The standard InChI is InChI=1S/C34H35F3N8O4/c1-3-31(46)41-26-19-27(33(47-21-34(35,36)37)42-32(26)44-15-13-43(2)14-16-44)40-29-20-30(39-22-38-29)45-28(12-17-48-45)23-8-7-11-25(18-23)49-24-9-5-4-6-10-24/h3-11,18-20,22,28H,1,12-17,21H2,2H3,(H,41,46)(H,38,39,40). The van der Waals surface area contributed by atoms with Gasteiger partial charge in [0, 0.05) is 38.7 Å². The third-order valence-corrected chi connectivity index (χ3v) is 7.85. The Hall–Kier alpha value is -5.41. The van der Waals surface area contributed by atoms with E-state index >= 15 is 0 Å². The van der Waals surface area contributed by atoms with Crippen LogP contribution in [0.5, 0.6) is 17.4 Å². The van der Waals surface area contributed by atoms with Crippen molar-refractivity contribution in [1.29, 1.82) is 0 Å². The zero-order chi connectivity index (χ0) is 34.4. The normalized spacial score (nSPS) is 16.7. The molecule has 2 N–H and O–H groups in total. The molecule has 2 fully saturated rings. The van der Waals surface area contributed by atoms with E-state index in [2.05, 4.69) is 37.1 Å². The van der Waals surface area contributed by atoms with E-state index in [1.165, 1.54) is 12.4 Å². The lowest BCUT2D eigenvalue weighted by Gasteiger charge is -2.34. The van der Waals surface area contributed by atoms with E-state index < -0.39 is 18.7 Å². The highest BCUT2D eigenvalue weighted by Crippen LogP contribution is 2.39. The van der Waals surface area contributed by atoms with Crippen LogP contribution in [-0.4, -0.2) is 78.4 Å². The SMILES string of the molecule is C=CC(=O)Nc1cc(Nc2cc(N3OCCC3c3cccc(Oc4ccccc4)c3)ncn2)c(OCC(F)(F)F)nc1N1CCN(C)CC1. The number of nitrogens with zero attached hydrogens (tertiary/aromatic N) is 6. The van der Waals surface area contributed by atoms with E-state index in [-0.39, 0.29) is 34.9 Å². The van der Waals surface area contributed by atoms with Gasteiger partial charge in [0.1, 0.15) is 29.3 Å². The number of alkyl halides is 3. The number of pyridine rings is 1. The molecule has 12 nitrogen and oxygen atoms in total. The quantitative estimate of drug-likeness (QED) is 0.179. The molecule has 0 radical (unpaired) electrons. The maximum absolute atomic E-state index is 13.3. The molecule has 4 heterocycles. The van der Waals surface area contributed by atoms with E-state index in [0.717, 1.165) is 11.6 Å². The smallest absolute Gasteiger partial charge is 0.422 e. The summed E-state index contributed by atoms with van der Waals surface area (Å²) in [5.41, 5.74) is 1.26. The van der Waals surface area contributed by atoms with E-state index in [1.54, 1.807) is 11.1 Å². The maximum Gasteiger partial charge on any atom is 0.422 e. The minimum atomic E-state index is -4.61. The number of carbonyl (C=O) groups is 1. The number of hydroxylamine groups is 1. The van der Waals surface area contributed by atoms with Gasteiger partial charge in [0.25, 0.3) is 0 Å². The predicted octanol–water partition coefficient (Wildman–Crippen LogP) is 6.11. The van der Waals surface area contributed by atoms with Crippen LogP contribution in [0.2, 0.25) is 0 Å². The number of carbonyl (C=O) groups excluding carboxylic acids is 1. The molecule has 2 aliphatic rings. The first kappa shape index (κ1) is 33.5. The number of piperazine rings is 1. The van der Waals surface area contributed by atoms with Crippen LogP contribution in [0.3, 0.4) is 0 Å². The van der Waals surface area contributed by atoms with Crippen molar-refractivity contribution in [3.05, 3.63) is 91.3 Å². The van der Waals surface area contributed by atoms with Crippen molar-refractivity contribution in [2.45, 2.75) is 18.6 Å². The summed E-state index contributed by atoms with van der Waals surface area (Å²) in [5.74, 6) is 1.48. The van der Waals surface area contributed by atoms with Gasteiger partial charge in [0.15, 0.2) is 18.2 Å². The third-order valence-electron chi connectivity index (χ3n) is 7.85. The van der Waals surface area contributed by atoms with Crippen LogP contribution in [0.15, 0.2) is 85.7 Å². The number of nitrogens with one attached hydrogen (secondary N) is 2. The van der Waals surface area contributed by atoms with Gasteiger partial charge >= 0.3 is 6.18 Å². The minimum absolute atomic E-state index is 0.0517. The van der Waals surface area contributed by atoms with Crippen molar-refractivity contribution in [2.24, 2.45) is 0 Å². The van der Waals surface area contributed by atoms with Crippen LogP contribution in [-0.2, 0) is 9.63 Å². The first-order valence-corrected chi connectivity index (χ1v) is 15.6. The van der Waals surface area contributed by atoms with Crippen LogP contribution >= 0.6 is 0 Å². The second kappa shape index (κ2) is 14.8. The first-order chi connectivity index (χ1) is 23.6. The average Bonchev–Trinajstić information content (AvgIpc) is 3.59. The highest BCUT2D eigenvalue weighted by molar-refractivity contribution is 6.01. The first-order valence-electron chi connectivity index (χ1n) is 15.6.